The van der Waals surface area contributed by atoms with Gasteiger partial charge in [0.25, 0.3) is 0 Å². The van der Waals surface area contributed by atoms with Crippen LogP contribution in [-0.4, -0.2) is 37.0 Å². The van der Waals surface area contributed by atoms with E-state index in [4.69, 9.17) is 0 Å². The Labute approximate surface area is 151 Å². The molecule has 0 N–H and O–H groups in total. The summed E-state index contributed by atoms with van der Waals surface area (Å²) in [4.78, 5) is 6.66. The first-order chi connectivity index (χ1) is 12.5. The number of nitrogens with zero attached hydrogens (tertiary/aromatic N) is 6. The minimum Gasteiger partial charge on any atom is -0.346 e. The van der Waals surface area contributed by atoms with Crippen LogP contribution >= 0.6 is 11.5 Å². The molecule has 0 aromatic carbocycles. The highest BCUT2D eigenvalue weighted by atomic mass is 32.1. The summed E-state index contributed by atoms with van der Waals surface area (Å²) in [6, 6.07) is 2.40. The Morgan fingerprint density at radius 2 is 2.12 bits per heavy atom. The first-order valence-corrected chi connectivity index (χ1v) is 9.22. The Morgan fingerprint density at radius 1 is 1.27 bits per heavy atom. The summed E-state index contributed by atoms with van der Waals surface area (Å²) >= 11 is 1.36. The van der Waals surface area contributed by atoms with Crippen molar-refractivity contribution in [2.24, 2.45) is 0 Å². The van der Waals surface area contributed by atoms with E-state index < -0.39 is 11.7 Å². The SMILES string of the molecule is CCc1nsc(N2CCCC(c3nnc4ccc(C(F)(F)F)cn34)C2)n1. The molecule has 0 radical (unpaired) electrons. The molecule has 10 heteroatoms. The van der Waals surface area contributed by atoms with Crippen LogP contribution in [0.15, 0.2) is 18.3 Å². The quantitative estimate of drug-likeness (QED) is 0.693. The molecular weight excluding hydrogens is 365 g/mol. The van der Waals surface area contributed by atoms with Gasteiger partial charge in [-0.1, -0.05) is 6.92 Å². The number of rotatable bonds is 3. The Hall–Kier alpha value is -2.23. The van der Waals surface area contributed by atoms with Gasteiger partial charge in [-0.05, 0) is 25.0 Å². The Balaban J connectivity index is 1.64. The first-order valence-electron chi connectivity index (χ1n) is 8.45. The van der Waals surface area contributed by atoms with Crippen molar-refractivity contribution in [3.05, 3.63) is 35.5 Å². The largest absolute Gasteiger partial charge is 0.417 e. The maximum absolute atomic E-state index is 13.0. The van der Waals surface area contributed by atoms with Gasteiger partial charge in [0, 0.05) is 43.2 Å². The average molecular weight is 382 g/mol. The fourth-order valence-corrected chi connectivity index (χ4v) is 4.02. The topological polar surface area (TPSA) is 59.2 Å². The average Bonchev–Trinajstić information content (AvgIpc) is 3.27. The monoisotopic (exact) mass is 382 g/mol. The molecule has 1 saturated heterocycles. The lowest BCUT2D eigenvalue weighted by Crippen LogP contribution is -2.35. The molecule has 1 aliphatic heterocycles. The molecule has 138 valence electrons. The second-order valence-electron chi connectivity index (χ2n) is 6.33. The van der Waals surface area contributed by atoms with Crippen molar-refractivity contribution in [1.29, 1.82) is 0 Å². The van der Waals surface area contributed by atoms with E-state index in [-0.39, 0.29) is 5.92 Å². The normalized spacial score (nSPS) is 18.6. The molecule has 3 aromatic heterocycles. The molecule has 4 rings (SSSR count). The minimum absolute atomic E-state index is 0.00351. The van der Waals surface area contributed by atoms with Gasteiger partial charge >= 0.3 is 6.18 Å². The van der Waals surface area contributed by atoms with E-state index in [2.05, 4.69) is 24.5 Å². The zero-order valence-corrected chi connectivity index (χ0v) is 14.9. The molecule has 1 aliphatic rings. The van der Waals surface area contributed by atoms with Gasteiger partial charge in [-0.15, -0.1) is 10.2 Å². The van der Waals surface area contributed by atoms with Crippen LogP contribution in [0.25, 0.3) is 5.65 Å². The smallest absolute Gasteiger partial charge is 0.346 e. The van der Waals surface area contributed by atoms with Crippen molar-refractivity contribution in [2.45, 2.75) is 38.3 Å². The minimum atomic E-state index is -4.39. The molecule has 0 amide bonds. The zero-order chi connectivity index (χ0) is 18.3. The van der Waals surface area contributed by atoms with Gasteiger partial charge in [-0.25, -0.2) is 4.98 Å². The van der Waals surface area contributed by atoms with Gasteiger partial charge in [-0.2, -0.15) is 17.5 Å². The first kappa shape index (κ1) is 17.2. The summed E-state index contributed by atoms with van der Waals surface area (Å²) in [7, 11) is 0. The van der Waals surface area contributed by atoms with Gasteiger partial charge in [-0.3, -0.25) is 4.40 Å². The maximum Gasteiger partial charge on any atom is 0.417 e. The van der Waals surface area contributed by atoms with Gasteiger partial charge in [0.15, 0.2) is 5.65 Å². The lowest BCUT2D eigenvalue weighted by molar-refractivity contribution is -0.137. The zero-order valence-electron chi connectivity index (χ0n) is 14.1. The molecule has 1 atom stereocenters. The van der Waals surface area contributed by atoms with Gasteiger partial charge in [0.1, 0.15) is 11.6 Å². The van der Waals surface area contributed by atoms with Crippen molar-refractivity contribution < 1.29 is 13.2 Å². The lowest BCUT2D eigenvalue weighted by atomic mass is 9.97. The number of aryl methyl sites for hydroxylation is 1. The maximum atomic E-state index is 13.0. The van der Waals surface area contributed by atoms with Crippen LogP contribution < -0.4 is 4.90 Å². The molecule has 0 spiro atoms. The number of fused-ring (bicyclic) bond motifs is 1. The summed E-state index contributed by atoms with van der Waals surface area (Å²) in [6.07, 6.45) is -0.753. The molecule has 26 heavy (non-hydrogen) atoms. The molecule has 1 unspecified atom stereocenters. The van der Waals surface area contributed by atoms with E-state index in [0.717, 1.165) is 49.0 Å². The number of anilines is 1. The molecule has 4 heterocycles. The van der Waals surface area contributed by atoms with Crippen LogP contribution in [-0.2, 0) is 12.6 Å². The van der Waals surface area contributed by atoms with Gasteiger partial charge < -0.3 is 4.90 Å². The highest BCUT2D eigenvalue weighted by Crippen LogP contribution is 2.32. The van der Waals surface area contributed by atoms with Crippen molar-refractivity contribution in [1.82, 2.24) is 24.0 Å². The van der Waals surface area contributed by atoms with E-state index in [1.807, 2.05) is 6.92 Å². The molecular formula is C16H17F3N6S. The van der Waals surface area contributed by atoms with Crippen LogP contribution in [0.5, 0.6) is 0 Å². The van der Waals surface area contributed by atoms with E-state index in [9.17, 15) is 13.2 Å². The summed E-state index contributed by atoms with van der Waals surface area (Å²) in [5.41, 5.74) is -0.273. The van der Waals surface area contributed by atoms with Crippen molar-refractivity contribution in [3.63, 3.8) is 0 Å². The summed E-state index contributed by atoms with van der Waals surface area (Å²) in [6.45, 7) is 3.51. The number of alkyl halides is 3. The third kappa shape index (κ3) is 3.13. The number of aromatic nitrogens is 5. The second kappa shape index (κ2) is 6.49. The van der Waals surface area contributed by atoms with Crippen LogP contribution in [0.3, 0.4) is 0 Å². The second-order valence-corrected chi connectivity index (χ2v) is 7.06. The number of hydrogen-bond donors (Lipinski definition) is 0. The standard InChI is InChI=1S/C16H17F3N6S/c1-2-12-20-15(26-23-12)24-7-3-4-10(8-24)14-22-21-13-6-5-11(9-25(13)14)16(17,18)19/h5-6,9-10H,2-4,7-8H2,1H3. The van der Waals surface area contributed by atoms with E-state index in [0.29, 0.717) is 18.0 Å². The molecule has 3 aromatic rings. The highest BCUT2D eigenvalue weighted by molar-refractivity contribution is 7.09. The molecule has 1 fully saturated rings. The van der Waals surface area contributed by atoms with Crippen molar-refractivity contribution >= 4 is 22.3 Å². The molecule has 0 bridgehead atoms. The Kier molecular flexibility index (Phi) is 4.29. The van der Waals surface area contributed by atoms with Crippen LogP contribution in [0, 0.1) is 0 Å². The summed E-state index contributed by atoms with van der Waals surface area (Å²) in [5, 5.41) is 9.07. The molecule has 0 saturated carbocycles. The third-order valence-electron chi connectivity index (χ3n) is 4.59. The van der Waals surface area contributed by atoms with E-state index in [1.165, 1.54) is 22.0 Å². The molecule has 0 aliphatic carbocycles. The lowest BCUT2D eigenvalue weighted by Gasteiger charge is -2.31. The Morgan fingerprint density at radius 3 is 2.85 bits per heavy atom. The van der Waals surface area contributed by atoms with Crippen LogP contribution in [0.1, 0.15) is 42.9 Å². The third-order valence-corrected chi connectivity index (χ3v) is 5.40. The van der Waals surface area contributed by atoms with E-state index in [1.54, 1.807) is 0 Å². The van der Waals surface area contributed by atoms with Crippen LogP contribution in [0.4, 0.5) is 18.3 Å². The van der Waals surface area contributed by atoms with Gasteiger partial charge in [0.05, 0.1) is 5.56 Å². The predicted molar refractivity (Wildman–Crippen MR) is 91.5 cm³/mol. The van der Waals surface area contributed by atoms with Crippen molar-refractivity contribution in [3.8, 4) is 0 Å². The number of pyridine rings is 1. The number of halogens is 3. The predicted octanol–water partition coefficient (Wildman–Crippen LogP) is 3.55. The Bertz CT molecular complexity index is 918. The highest BCUT2D eigenvalue weighted by Gasteiger charge is 2.32. The van der Waals surface area contributed by atoms with E-state index >= 15 is 0 Å². The van der Waals surface area contributed by atoms with Gasteiger partial charge in [0.2, 0.25) is 5.13 Å². The summed E-state index contributed by atoms with van der Waals surface area (Å²) < 4.78 is 44.9. The van der Waals surface area contributed by atoms with Crippen LogP contribution in [0.2, 0.25) is 0 Å². The van der Waals surface area contributed by atoms with Crippen molar-refractivity contribution in [2.75, 3.05) is 18.0 Å². The molecule has 6 nitrogen and oxygen atoms in total. The number of piperidine rings is 1. The fourth-order valence-electron chi connectivity index (χ4n) is 3.23. The number of hydrogen-bond acceptors (Lipinski definition) is 6. The fraction of sp³-hybridized carbons (Fsp3) is 0.500. The summed E-state index contributed by atoms with van der Waals surface area (Å²) in [5.74, 6) is 1.38.